The predicted molar refractivity (Wildman–Crippen MR) is 94.5 cm³/mol. The first-order valence-corrected chi connectivity index (χ1v) is 7.55. The van der Waals surface area contributed by atoms with Crippen LogP contribution in [0.3, 0.4) is 0 Å². The minimum absolute atomic E-state index is 0.218. The maximum Gasteiger partial charge on any atom is 0.227 e. The van der Waals surface area contributed by atoms with Gasteiger partial charge in [-0.3, -0.25) is 4.79 Å². The fraction of sp³-hybridized carbons (Fsp3) is 0.0625. The van der Waals surface area contributed by atoms with Gasteiger partial charge in [0.1, 0.15) is 5.52 Å². The van der Waals surface area contributed by atoms with Crippen molar-refractivity contribution in [2.45, 2.75) is 6.92 Å². The maximum atomic E-state index is 10.9. The smallest absolute Gasteiger partial charge is 0.227 e. The zero-order valence-corrected chi connectivity index (χ0v) is 13.7. The molecule has 3 aromatic rings. The number of carbonyl (C=O) groups is 1. The van der Waals surface area contributed by atoms with Crippen molar-refractivity contribution in [1.82, 2.24) is 10.3 Å². The third-order valence-electron chi connectivity index (χ3n) is 3.03. The minimum atomic E-state index is -0.218. The largest absolute Gasteiger partial charge is 0.436 e. The standard InChI is InChI=1S/C16H12ClN3O2S/c1-9(21)18-16(23)19-12-5-2-10(3-6-12)15-20-13-8-11(17)4-7-14(13)22-15/h2-8H,1H3,(H2,18,19,21,23). The third kappa shape index (κ3) is 3.67. The highest BCUT2D eigenvalue weighted by molar-refractivity contribution is 7.80. The number of nitrogens with one attached hydrogen (secondary N) is 2. The van der Waals surface area contributed by atoms with Crippen LogP contribution in [0, 0.1) is 0 Å². The Morgan fingerprint density at radius 1 is 1.22 bits per heavy atom. The summed E-state index contributed by atoms with van der Waals surface area (Å²) in [7, 11) is 0. The number of hydrogen-bond acceptors (Lipinski definition) is 4. The van der Waals surface area contributed by atoms with Crippen molar-refractivity contribution in [3.63, 3.8) is 0 Å². The molecule has 0 unspecified atom stereocenters. The lowest BCUT2D eigenvalue weighted by Gasteiger charge is -2.07. The van der Waals surface area contributed by atoms with Gasteiger partial charge in [-0.2, -0.15) is 0 Å². The van der Waals surface area contributed by atoms with Crippen LogP contribution in [0.5, 0.6) is 0 Å². The second-order valence-corrected chi connectivity index (χ2v) is 5.69. The van der Waals surface area contributed by atoms with E-state index in [1.807, 2.05) is 24.3 Å². The Balaban J connectivity index is 1.80. The number of aromatic nitrogens is 1. The molecule has 3 rings (SSSR count). The van der Waals surface area contributed by atoms with Crippen molar-refractivity contribution < 1.29 is 9.21 Å². The molecule has 5 nitrogen and oxygen atoms in total. The van der Waals surface area contributed by atoms with Gasteiger partial charge in [0.25, 0.3) is 0 Å². The lowest BCUT2D eigenvalue weighted by molar-refractivity contribution is -0.117. The van der Waals surface area contributed by atoms with E-state index in [4.69, 9.17) is 28.2 Å². The number of benzene rings is 2. The second kappa shape index (κ2) is 6.36. The first-order valence-electron chi connectivity index (χ1n) is 6.76. The summed E-state index contributed by atoms with van der Waals surface area (Å²) in [5, 5.41) is 6.28. The summed E-state index contributed by atoms with van der Waals surface area (Å²) in [6.45, 7) is 1.40. The van der Waals surface area contributed by atoms with E-state index in [0.29, 0.717) is 22.0 Å². The van der Waals surface area contributed by atoms with Gasteiger partial charge in [0.15, 0.2) is 10.7 Å². The molecule has 0 aliphatic rings. The molecular formula is C16H12ClN3O2S. The first-order chi connectivity index (χ1) is 11.0. The number of anilines is 1. The molecule has 0 radical (unpaired) electrons. The molecule has 1 aromatic heterocycles. The SMILES string of the molecule is CC(=O)NC(=S)Nc1ccc(-c2nc3cc(Cl)ccc3o2)cc1. The molecular weight excluding hydrogens is 334 g/mol. The van der Waals surface area contributed by atoms with Gasteiger partial charge in [0.05, 0.1) is 0 Å². The molecule has 7 heteroatoms. The third-order valence-corrected chi connectivity index (χ3v) is 3.47. The van der Waals surface area contributed by atoms with Crippen molar-refractivity contribution in [2.75, 3.05) is 5.32 Å². The Morgan fingerprint density at radius 2 is 1.96 bits per heavy atom. The fourth-order valence-corrected chi connectivity index (χ4v) is 2.47. The van der Waals surface area contributed by atoms with E-state index < -0.39 is 0 Å². The van der Waals surface area contributed by atoms with Crippen LogP contribution in [0.2, 0.25) is 5.02 Å². The van der Waals surface area contributed by atoms with Crippen molar-refractivity contribution >= 4 is 51.6 Å². The molecule has 1 heterocycles. The molecule has 2 N–H and O–H groups in total. The van der Waals surface area contributed by atoms with Crippen LogP contribution < -0.4 is 10.6 Å². The molecule has 0 saturated heterocycles. The number of nitrogens with zero attached hydrogens (tertiary/aromatic N) is 1. The van der Waals surface area contributed by atoms with Crippen molar-refractivity contribution in [2.24, 2.45) is 0 Å². The van der Waals surface area contributed by atoms with E-state index in [9.17, 15) is 4.79 Å². The van der Waals surface area contributed by atoms with E-state index >= 15 is 0 Å². The molecule has 116 valence electrons. The Bertz CT molecular complexity index is 890. The van der Waals surface area contributed by atoms with Gasteiger partial charge in [0.2, 0.25) is 11.8 Å². The summed E-state index contributed by atoms with van der Waals surface area (Å²) < 4.78 is 5.71. The van der Waals surface area contributed by atoms with Gasteiger partial charge in [-0.05, 0) is 54.7 Å². The molecule has 0 aliphatic heterocycles. The van der Waals surface area contributed by atoms with Gasteiger partial charge < -0.3 is 15.1 Å². The number of carbonyl (C=O) groups excluding carboxylic acids is 1. The van der Waals surface area contributed by atoms with Crippen LogP contribution in [0.4, 0.5) is 5.69 Å². The summed E-state index contributed by atoms with van der Waals surface area (Å²) in [5.74, 6) is 0.294. The van der Waals surface area contributed by atoms with Gasteiger partial charge in [0, 0.05) is 23.2 Å². The van der Waals surface area contributed by atoms with E-state index in [2.05, 4.69) is 15.6 Å². The van der Waals surface area contributed by atoms with Gasteiger partial charge in [-0.15, -0.1) is 0 Å². The Labute approximate surface area is 142 Å². The van der Waals surface area contributed by atoms with Crippen LogP contribution in [0.25, 0.3) is 22.6 Å². The van der Waals surface area contributed by atoms with E-state index in [0.717, 1.165) is 11.3 Å². The molecule has 0 spiro atoms. The fourth-order valence-electron chi connectivity index (χ4n) is 2.04. The van der Waals surface area contributed by atoms with Crippen LogP contribution in [-0.2, 0) is 4.79 Å². The lowest BCUT2D eigenvalue weighted by atomic mass is 10.2. The van der Waals surface area contributed by atoms with Crippen LogP contribution >= 0.6 is 23.8 Å². The molecule has 0 atom stereocenters. The van der Waals surface area contributed by atoms with E-state index in [1.54, 1.807) is 18.2 Å². The Morgan fingerprint density at radius 3 is 2.65 bits per heavy atom. The quantitative estimate of drug-likeness (QED) is 0.688. The van der Waals surface area contributed by atoms with Crippen molar-refractivity contribution in [3.05, 3.63) is 47.5 Å². The first kappa shape index (κ1) is 15.5. The second-order valence-electron chi connectivity index (χ2n) is 4.84. The summed E-state index contributed by atoms with van der Waals surface area (Å²) in [5.41, 5.74) is 2.97. The summed E-state index contributed by atoms with van der Waals surface area (Å²) in [6, 6.07) is 12.7. The van der Waals surface area contributed by atoms with Gasteiger partial charge in [-0.1, -0.05) is 11.6 Å². The lowest BCUT2D eigenvalue weighted by Crippen LogP contribution is -2.32. The Kier molecular flexibility index (Phi) is 4.27. The summed E-state index contributed by atoms with van der Waals surface area (Å²) >= 11 is 11.0. The molecule has 2 aromatic carbocycles. The number of fused-ring (bicyclic) bond motifs is 1. The van der Waals surface area contributed by atoms with Crippen LogP contribution in [-0.4, -0.2) is 16.0 Å². The van der Waals surface area contributed by atoms with Crippen LogP contribution in [0.15, 0.2) is 46.9 Å². The number of amides is 1. The monoisotopic (exact) mass is 345 g/mol. The number of rotatable bonds is 2. The van der Waals surface area contributed by atoms with Crippen molar-refractivity contribution in [3.8, 4) is 11.5 Å². The van der Waals surface area contributed by atoms with E-state index in [-0.39, 0.29) is 11.0 Å². The molecule has 1 amide bonds. The normalized spacial score (nSPS) is 10.5. The van der Waals surface area contributed by atoms with Crippen LogP contribution in [0.1, 0.15) is 6.92 Å². The number of hydrogen-bond donors (Lipinski definition) is 2. The highest BCUT2D eigenvalue weighted by Gasteiger charge is 2.09. The minimum Gasteiger partial charge on any atom is -0.436 e. The van der Waals surface area contributed by atoms with Crippen molar-refractivity contribution in [1.29, 1.82) is 0 Å². The topological polar surface area (TPSA) is 67.2 Å². The average Bonchev–Trinajstić information content (AvgIpc) is 2.90. The van der Waals surface area contributed by atoms with Gasteiger partial charge >= 0.3 is 0 Å². The zero-order chi connectivity index (χ0) is 16.4. The van der Waals surface area contributed by atoms with E-state index in [1.165, 1.54) is 6.92 Å². The molecule has 0 aliphatic carbocycles. The number of thiocarbonyl (C=S) groups is 1. The number of oxazole rings is 1. The average molecular weight is 346 g/mol. The highest BCUT2D eigenvalue weighted by Crippen LogP contribution is 2.26. The molecule has 0 saturated carbocycles. The maximum absolute atomic E-state index is 10.9. The molecule has 0 bridgehead atoms. The summed E-state index contributed by atoms with van der Waals surface area (Å²) in [4.78, 5) is 15.3. The predicted octanol–water partition coefficient (Wildman–Crippen LogP) is 3.98. The molecule has 23 heavy (non-hydrogen) atoms. The zero-order valence-electron chi connectivity index (χ0n) is 12.1. The summed E-state index contributed by atoms with van der Waals surface area (Å²) in [6.07, 6.45) is 0. The Hall–Kier alpha value is -2.44. The van der Waals surface area contributed by atoms with Gasteiger partial charge in [-0.25, -0.2) is 4.98 Å². The highest BCUT2D eigenvalue weighted by atomic mass is 35.5. The number of halogens is 1. The molecule has 0 fully saturated rings.